The lowest BCUT2D eigenvalue weighted by Crippen LogP contribution is -2.24. The highest BCUT2D eigenvalue weighted by atomic mass is 35.5. The number of nitrogens with zero attached hydrogens (tertiary/aromatic N) is 1. The summed E-state index contributed by atoms with van der Waals surface area (Å²) in [5.74, 6) is 0. The minimum absolute atomic E-state index is 0.0104. The molecule has 0 aliphatic rings. The fourth-order valence-electron chi connectivity index (χ4n) is 1.37. The van der Waals surface area contributed by atoms with E-state index in [0.29, 0.717) is 0 Å². The normalized spacial score (nSPS) is 13.2. The zero-order chi connectivity index (χ0) is 9.68. The molecule has 1 aromatic rings. The molecule has 0 aliphatic carbocycles. The fourth-order valence-corrected chi connectivity index (χ4v) is 1.79. The summed E-state index contributed by atoms with van der Waals surface area (Å²) >= 11 is 6.30. The Hall–Kier alpha value is -0.530. The van der Waals surface area contributed by atoms with Gasteiger partial charge in [0.05, 0.1) is 0 Å². The van der Waals surface area contributed by atoms with Crippen molar-refractivity contribution in [3.05, 3.63) is 35.9 Å². The molecule has 0 aromatic heterocycles. The van der Waals surface area contributed by atoms with Crippen LogP contribution in [0.15, 0.2) is 30.3 Å². The molecule has 0 saturated heterocycles. The van der Waals surface area contributed by atoms with E-state index in [1.165, 1.54) is 5.56 Å². The molecular formula is C11H16ClN. The van der Waals surface area contributed by atoms with Crippen LogP contribution in [-0.4, -0.2) is 18.0 Å². The summed E-state index contributed by atoms with van der Waals surface area (Å²) in [5, 5.41) is 0. The molecule has 0 unspecified atom stereocenters. The highest BCUT2D eigenvalue weighted by molar-refractivity contribution is 6.20. The predicted molar refractivity (Wildman–Crippen MR) is 58.0 cm³/mol. The van der Waals surface area contributed by atoms with Crippen molar-refractivity contribution >= 4 is 11.6 Å². The molecule has 13 heavy (non-hydrogen) atoms. The molecule has 0 saturated carbocycles. The number of rotatable bonds is 4. The van der Waals surface area contributed by atoms with Crippen molar-refractivity contribution in [2.75, 3.05) is 13.1 Å². The minimum atomic E-state index is 0.0104. The van der Waals surface area contributed by atoms with Crippen LogP contribution in [0.25, 0.3) is 0 Å². The second kappa shape index (κ2) is 5.25. The van der Waals surface area contributed by atoms with Crippen LogP contribution in [0.4, 0.5) is 0 Å². The second-order valence-electron chi connectivity index (χ2n) is 2.97. The molecule has 1 nitrogen and oxygen atoms in total. The first-order valence-electron chi connectivity index (χ1n) is 4.72. The van der Waals surface area contributed by atoms with Crippen molar-refractivity contribution in [1.82, 2.24) is 4.90 Å². The molecular weight excluding hydrogens is 182 g/mol. The largest absolute Gasteiger partial charge is 0.284 e. The van der Waals surface area contributed by atoms with E-state index in [2.05, 4.69) is 30.9 Å². The number of alkyl halides is 1. The van der Waals surface area contributed by atoms with Crippen molar-refractivity contribution in [3.8, 4) is 0 Å². The summed E-state index contributed by atoms with van der Waals surface area (Å²) in [6.45, 7) is 6.22. The monoisotopic (exact) mass is 197 g/mol. The summed E-state index contributed by atoms with van der Waals surface area (Å²) in [5.41, 5.74) is 1.18. The molecule has 0 fully saturated rings. The van der Waals surface area contributed by atoms with Gasteiger partial charge in [-0.2, -0.15) is 0 Å². The molecule has 1 rings (SSSR count). The van der Waals surface area contributed by atoms with Crippen molar-refractivity contribution in [2.24, 2.45) is 0 Å². The lowest BCUT2D eigenvalue weighted by Gasteiger charge is -2.24. The number of benzene rings is 1. The summed E-state index contributed by atoms with van der Waals surface area (Å²) in [4.78, 5) is 2.22. The highest BCUT2D eigenvalue weighted by Gasteiger charge is 2.13. The summed E-state index contributed by atoms with van der Waals surface area (Å²) in [7, 11) is 0. The average molecular weight is 198 g/mol. The molecule has 0 aliphatic heterocycles. The lowest BCUT2D eigenvalue weighted by molar-refractivity contribution is 0.282. The van der Waals surface area contributed by atoms with Gasteiger partial charge in [-0.15, -0.1) is 11.6 Å². The van der Waals surface area contributed by atoms with E-state index >= 15 is 0 Å². The van der Waals surface area contributed by atoms with Gasteiger partial charge in [-0.3, -0.25) is 4.90 Å². The summed E-state index contributed by atoms with van der Waals surface area (Å²) in [6, 6.07) is 10.2. The second-order valence-corrected chi connectivity index (χ2v) is 3.38. The van der Waals surface area contributed by atoms with E-state index in [4.69, 9.17) is 11.6 Å². The molecule has 0 heterocycles. The Morgan fingerprint density at radius 2 is 1.69 bits per heavy atom. The Morgan fingerprint density at radius 1 is 1.15 bits per heavy atom. The van der Waals surface area contributed by atoms with Crippen LogP contribution in [0.1, 0.15) is 24.9 Å². The molecule has 0 bridgehead atoms. The van der Waals surface area contributed by atoms with E-state index in [1.54, 1.807) is 0 Å². The van der Waals surface area contributed by atoms with Gasteiger partial charge in [-0.1, -0.05) is 44.2 Å². The van der Waals surface area contributed by atoms with E-state index < -0.39 is 0 Å². The Labute approximate surface area is 85.3 Å². The van der Waals surface area contributed by atoms with Gasteiger partial charge in [-0.05, 0) is 18.7 Å². The molecule has 0 N–H and O–H groups in total. The van der Waals surface area contributed by atoms with Gasteiger partial charge in [0, 0.05) is 0 Å². The van der Waals surface area contributed by atoms with Gasteiger partial charge in [0.1, 0.15) is 5.50 Å². The van der Waals surface area contributed by atoms with Crippen LogP contribution in [0, 0.1) is 0 Å². The third kappa shape index (κ3) is 2.71. The van der Waals surface area contributed by atoms with Crippen LogP contribution in [0.3, 0.4) is 0 Å². The molecule has 2 heteroatoms. The Morgan fingerprint density at radius 3 is 2.15 bits per heavy atom. The quantitative estimate of drug-likeness (QED) is 0.529. The van der Waals surface area contributed by atoms with Gasteiger partial charge in [-0.25, -0.2) is 0 Å². The number of hydrogen-bond acceptors (Lipinski definition) is 1. The summed E-state index contributed by atoms with van der Waals surface area (Å²) in [6.07, 6.45) is 0. The molecule has 0 spiro atoms. The Balaban J connectivity index is 2.72. The first-order chi connectivity index (χ1) is 6.29. The van der Waals surface area contributed by atoms with Crippen LogP contribution >= 0.6 is 11.6 Å². The maximum Gasteiger partial charge on any atom is 0.111 e. The number of halogens is 1. The van der Waals surface area contributed by atoms with Crippen LogP contribution in [0.5, 0.6) is 0 Å². The first-order valence-corrected chi connectivity index (χ1v) is 5.16. The van der Waals surface area contributed by atoms with Crippen LogP contribution in [0.2, 0.25) is 0 Å². The fraction of sp³-hybridized carbons (Fsp3) is 0.455. The van der Waals surface area contributed by atoms with Crippen molar-refractivity contribution in [3.63, 3.8) is 0 Å². The third-order valence-electron chi connectivity index (χ3n) is 2.21. The zero-order valence-corrected chi connectivity index (χ0v) is 8.96. The minimum Gasteiger partial charge on any atom is -0.284 e. The van der Waals surface area contributed by atoms with E-state index in [1.807, 2.05) is 18.2 Å². The Kier molecular flexibility index (Phi) is 4.26. The zero-order valence-electron chi connectivity index (χ0n) is 8.20. The molecule has 72 valence electrons. The molecule has 1 atom stereocenters. The van der Waals surface area contributed by atoms with Crippen molar-refractivity contribution in [2.45, 2.75) is 19.3 Å². The van der Waals surface area contributed by atoms with Crippen molar-refractivity contribution < 1.29 is 0 Å². The van der Waals surface area contributed by atoms with Gasteiger partial charge in [0.25, 0.3) is 0 Å². The smallest absolute Gasteiger partial charge is 0.111 e. The van der Waals surface area contributed by atoms with E-state index in [0.717, 1.165) is 13.1 Å². The average Bonchev–Trinajstić information content (AvgIpc) is 2.21. The predicted octanol–water partition coefficient (Wildman–Crippen LogP) is 3.27. The lowest BCUT2D eigenvalue weighted by atomic mass is 10.2. The van der Waals surface area contributed by atoms with Gasteiger partial charge in [0.2, 0.25) is 0 Å². The highest BCUT2D eigenvalue weighted by Crippen LogP contribution is 2.23. The topological polar surface area (TPSA) is 3.24 Å². The van der Waals surface area contributed by atoms with E-state index in [9.17, 15) is 0 Å². The Bertz CT molecular complexity index is 231. The standard InChI is InChI=1S/C11H16ClN/c1-3-13(4-2)11(12)10-8-6-5-7-9-10/h5-9,11H,3-4H2,1-2H3/t11-/m1/s1. The van der Waals surface area contributed by atoms with Gasteiger partial charge < -0.3 is 0 Å². The molecule has 0 amide bonds. The van der Waals surface area contributed by atoms with Gasteiger partial charge >= 0.3 is 0 Å². The van der Waals surface area contributed by atoms with Crippen LogP contribution < -0.4 is 0 Å². The maximum atomic E-state index is 6.30. The summed E-state index contributed by atoms with van der Waals surface area (Å²) < 4.78 is 0. The van der Waals surface area contributed by atoms with Crippen LogP contribution in [-0.2, 0) is 0 Å². The van der Waals surface area contributed by atoms with Gasteiger partial charge in [0.15, 0.2) is 0 Å². The molecule has 1 aromatic carbocycles. The third-order valence-corrected chi connectivity index (χ3v) is 2.74. The first kappa shape index (κ1) is 10.6. The number of hydrogen-bond donors (Lipinski definition) is 0. The SMILES string of the molecule is CCN(CC)[C@@H](Cl)c1ccccc1. The maximum absolute atomic E-state index is 6.30. The molecule has 0 radical (unpaired) electrons. The van der Waals surface area contributed by atoms with E-state index in [-0.39, 0.29) is 5.50 Å². The van der Waals surface area contributed by atoms with Crippen molar-refractivity contribution in [1.29, 1.82) is 0 Å².